The molecule has 0 saturated heterocycles. The van der Waals surface area contributed by atoms with E-state index < -0.39 is 0 Å². The molecule has 1 aromatic carbocycles. The Morgan fingerprint density at radius 3 is 2.13 bits per heavy atom. The Hall–Kier alpha value is -1.51. The molecule has 3 nitrogen and oxygen atoms in total. The first-order valence-electron chi connectivity index (χ1n) is 5.28. The maximum atomic E-state index is 12.0. The molecule has 0 saturated carbocycles. The highest BCUT2D eigenvalue weighted by molar-refractivity contribution is 5.91. The van der Waals surface area contributed by atoms with Crippen molar-refractivity contribution in [2.24, 2.45) is 0 Å². The lowest BCUT2D eigenvalue weighted by molar-refractivity contribution is 0.211. The van der Waals surface area contributed by atoms with Crippen LogP contribution >= 0.6 is 0 Å². The number of carbonyl (C=O) groups is 1. The van der Waals surface area contributed by atoms with Crippen LogP contribution in [0.2, 0.25) is 0 Å². The Kier molecular flexibility index (Phi) is 4.16. The summed E-state index contributed by atoms with van der Waals surface area (Å²) in [6, 6.07) is 9.72. The van der Waals surface area contributed by atoms with E-state index in [-0.39, 0.29) is 6.03 Å². The van der Waals surface area contributed by atoms with Crippen LogP contribution < -0.4 is 4.90 Å². The first-order valence-corrected chi connectivity index (χ1v) is 5.28. The second-order valence-electron chi connectivity index (χ2n) is 3.35. The molecule has 0 aliphatic carbocycles. The smallest absolute Gasteiger partial charge is 0.324 e. The van der Waals surface area contributed by atoms with Gasteiger partial charge in [0.25, 0.3) is 0 Å². The normalized spacial score (nSPS) is 9.80. The van der Waals surface area contributed by atoms with Crippen molar-refractivity contribution < 1.29 is 4.79 Å². The molecule has 82 valence electrons. The fourth-order valence-corrected chi connectivity index (χ4v) is 1.47. The molecule has 1 rings (SSSR count). The molecule has 1 aromatic rings. The van der Waals surface area contributed by atoms with Gasteiger partial charge in [0, 0.05) is 25.8 Å². The van der Waals surface area contributed by atoms with E-state index in [2.05, 4.69) is 0 Å². The third-order valence-corrected chi connectivity index (χ3v) is 2.46. The standard InChI is InChI=1S/C12H18N2O/c1-4-14(5-2)12(15)13(3)11-9-7-6-8-10-11/h6-10H,4-5H2,1-3H3. The van der Waals surface area contributed by atoms with Gasteiger partial charge < -0.3 is 4.90 Å². The molecular weight excluding hydrogens is 188 g/mol. The van der Waals surface area contributed by atoms with E-state index >= 15 is 0 Å². The third-order valence-electron chi connectivity index (χ3n) is 2.46. The lowest BCUT2D eigenvalue weighted by Crippen LogP contribution is -2.41. The SMILES string of the molecule is CCN(CC)C(=O)N(C)c1ccccc1. The van der Waals surface area contributed by atoms with E-state index in [4.69, 9.17) is 0 Å². The van der Waals surface area contributed by atoms with Crippen LogP contribution in [-0.2, 0) is 0 Å². The summed E-state index contributed by atoms with van der Waals surface area (Å²) in [5, 5.41) is 0. The average Bonchev–Trinajstić information content (AvgIpc) is 2.30. The molecule has 0 spiro atoms. The molecule has 0 aliphatic rings. The topological polar surface area (TPSA) is 23.6 Å². The molecule has 0 heterocycles. The highest BCUT2D eigenvalue weighted by Crippen LogP contribution is 2.12. The highest BCUT2D eigenvalue weighted by atomic mass is 16.2. The molecule has 0 bridgehead atoms. The number of hydrogen-bond donors (Lipinski definition) is 0. The van der Waals surface area contributed by atoms with E-state index in [1.54, 1.807) is 16.8 Å². The van der Waals surface area contributed by atoms with Crippen molar-refractivity contribution in [3.8, 4) is 0 Å². The van der Waals surface area contributed by atoms with E-state index in [1.807, 2.05) is 44.2 Å². The molecule has 2 amide bonds. The molecule has 0 radical (unpaired) electrons. The van der Waals surface area contributed by atoms with Gasteiger partial charge in [0.15, 0.2) is 0 Å². The van der Waals surface area contributed by atoms with Gasteiger partial charge in [-0.15, -0.1) is 0 Å². The van der Waals surface area contributed by atoms with Crippen LogP contribution in [0.25, 0.3) is 0 Å². The van der Waals surface area contributed by atoms with Gasteiger partial charge in [-0.05, 0) is 26.0 Å². The zero-order valence-electron chi connectivity index (χ0n) is 9.60. The summed E-state index contributed by atoms with van der Waals surface area (Å²) in [6.45, 7) is 5.46. The number of amides is 2. The van der Waals surface area contributed by atoms with Crippen LogP contribution in [0.15, 0.2) is 30.3 Å². The Morgan fingerprint density at radius 1 is 1.13 bits per heavy atom. The van der Waals surface area contributed by atoms with E-state index in [9.17, 15) is 4.79 Å². The summed E-state index contributed by atoms with van der Waals surface area (Å²) >= 11 is 0. The van der Waals surface area contributed by atoms with Crippen LogP contribution in [0.5, 0.6) is 0 Å². The van der Waals surface area contributed by atoms with Crippen molar-refractivity contribution >= 4 is 11.7 Å². The van der Waals surface area contributed by atoms with Crippen LogP contribution in [0.4, 0.5) is 10.5 Å². The lowest BCUT2D eigenvalue weighted by atomic mass is 10.3. The Labute approximate surface area is 91.3 Å². The fraction of sp³-hybridized carbons (Fsp3) is 0.417. The zero-order chi connectivity index (χ0) is 11.3. The second kappa shape index (κ2) is 5.39. The largest absolute Gasteiger partial charge is 0.325 e. The molecule has 0 atom stereocenters. The van der Waals surface area contributed by atoms with Gasteiger partial charge in [0.05, 0.1) is 0 Å². The average molecular weight is 206 g/mol. The molecule has 0 aliphatic heterocycles. The summed E-state index contributed by atoms with van der Waals surface area (Å²) in [6.07, 6.45) is 0. The number of hydrogen-bond acceptors (Lipinski definition) is 1. The van der Waals surface area contributed by atoms with Gasteiger partial charge >= 0.3 is 6.03 Å². The highest BCUT2D eigenvalue weighted by Gasteiger charge is 2.15. The van der Waals surface area contributed by atoms with E-state index in [0.717, 1.165) is 18.8 Å². The van der Waals surface area contributed by atoms with Crippen molar-refractivity contribution in [1.29, 1.82) is 0 Å². The van der Waals surface area contributed by atoms with Gasteiger partial charge in [-0.3, -0.25) is 4.90 Å². The van der Waals surface area contributed by atoms with Gasteiger partial charge in [0.2, 0.25) is 0 Å². The number of para-hydroxylation sites is 1. The zero-order valence-corrected chi connectivity index (χ0v) is 9.60. The van der Waals surface area contributed by atoms with Crippen molar-refractivity contribution in [2.45, 2.75) is 13.8 Å². The molecule has 3 heteroatoms. The number of benzene rings is 1. The third kappa shape index (κ3) is 2.72. The second-order valence-corrected chi connectivity index (χ2v) is 3.35. The first-order chi connectivity index (χ1) is 7.20. The van der Waals surface area contributed by atoms with E-state index in [1.165, 1.54) is 0 Å². The summed E-state index contributed by atoms with van der Waals surface area (Å²) in [7, 11) is 1.80. The summed E-state index contributed by atoms with van der Waals surface area (Å²) in [5.74, 6) is 0. The Morgan fingerprint density at radius 2 is 1.67 bits per heavy atom. The lowest BCUT2D eigenvalue weighted by Gasteiger charge is -2.26. The minimum Gasteiger partial charge on any atom is -0.325 e. The van der Waals surface area contributed by atoms with Crippen LogP contribution in [0, 0.1) is 0 Å². The fourth-order valence-electron chi connectivity index (χ4n) is 1.47. The van der Waals surface area contributed by atoms with Crippen molar-refractivity contribution in [3.63, 3.8) is 0 Å². The summed E-state index contributed by atoms with van der Waals surface area (Å²) in [4.78, 5) is 15.4. The number of carbonyl (C=O) groups excluding carboxylic acids is 1. The molecular formula is C12H18N2O. The number of rotatable bonds is 3. The Bertz CT molecular complexity index is 307. The van der Waals surface area contributed by atoms with Crippen molar-refractivity contribution in [1.82, 2.24) is 4.90 Å². The minimum absolute atomic E-state index is 0.0474. The van der Waals surface area contributed by atoms with Crippen LogP contribution in [0.3, 0.4) is 0 Å². The molecule has 15 heavy (non-hydrogen) atoms. The minimum atomic E-state index is 0.0474. The van der Waals surface area contributed by atoms with Gasteiger partial charge in [-0.25, -0.2) is 4.79 Å². The number of anilines is 1. The predicted molar refractivity (Wildman–Crippen MR) is 63.2 cm³/mol. The molecule has 0 N–H and O–H groups in total. The molecule has 0 aromatic heterocycles. The maximum Gasteiger partial charge on any atom is 0.324 e. The van der Waals surface area contributed by atoms with Crippen molar-refractivity contribution in [2.75, 3.05) is 25.0 Å². The van der Waals surface area contributed by atoms with Crippen molar-refractivity contribution in [3.05, 3.63) is 30.3 Å². The summed E-state index contributed by atoms with van der Waals surface area (Å²) in [5.41, 5.74) is 0.925. The van der Waals surface area contributed by atoms with Gasteiger partial charge in [-0.2, -0.15) is 0 Å². The molecule has 0 fully saturated rings. The maximum absolute atomic E-state index is 12.0. The molecule has 0 unspecified atom stereocenters. The van der Waals surface area contributed by atoms with Crippen LogP contribution in [-0.4, -0.2) is 31.1 Å². The monoisotopic (exact) mass is 206 g/mol. The number of nitrogens with zero attached hydrogens (tertiary/aromatic N) is 2. The van der Waals surface area contributed by atoms with Gasteiger partial charge in [-0.1, -0.05) is 18.2 Å². The predicted octanol–water partition coefficient (Wildman–Crippen LogP) is 2.58. The Balaban J connectivity index is 2.76. The number of urea groups is 1. The van der Waals surface area contributed by atoms with Gasteiger partial charge in [0.1, 0.15) is 0 Å². The van der Waals surface area contributed by atoms with Crippen LogP contribution in [0.1, 0.15) is 13.8 Å². The quantitative estimate of drug-likeness (QED) is 0.745. The van der Waals surface area contributed by atoms with E-state index in [0.29, 0.717) is 0 Å². The first kappa shape index (κ1) is 11.6. The summed E-state index contributed by atoms with van der Waals surface area (Å²) < 4.78 is 0.